The van der Waals surface area contributed by atoms with E-state index in [4.69, 9.17) is 0 Å². The minimum absolute atomic E-state index is 0.231. The van der Waals surface area contributed by atoms with Crippen molar-refractivity contribution in [1.82, 2.24) is 9.80 Å². The predicted molar refractivity (Wildman–Crippen MR) is 66.7 cm³/mol. The van der Waals surface area contributed by atoms with E-state index in [2.05, 4.69) is 18.4 Å². The quantitative estimate of drug-likeness (QED) is 0.784. The Bertz CT molecular complexity index is 386. The van der Waals surface area contributed by atoms with E-state index >= 15 is 0 Å². The fraction of sp³-hybridized carbons (Fsp3) is 0.583. The highest BCUT2D eigenvalue weighted by Gasteiger charge is 2.28. The number of carbonyl (C=O) groups is 1. The molecule has 1 aromatic rings. The van der Waals surface area contributed by atoms with E-state index in [-0.39, 0.29) is 11.9 Å². The number of fused-ring (bicyclic) bond motifs is 1. The van der Waals surface area contributed by atoms with Gasteiger partial charge < -0.3 is 9.80 Å². The largest absolute Gasteiger partial charge is 0.334 e. The molecule has 1 aromatic heterocycles. The third kappa shape index (κ3) is 2.13. The number of thiophene rings is 1. The van der Waals surface area contributed by atoms with Gasteiger partial charge >= 0.3 is 0 Å². The molecule has 2 rings (SSSR count). The molecule has 2 heterocycles. The average molecular weight is 238 g/mol. The van der Waals surface area contributed by atoms with Crippen LogP contribution >= 0.6 is 11.3 Å². The molecule has 1 atom stereocenters. The summed E-state index contributed by atoms with van der Waals surface area (Å²) in [5.41, 5.74) is 1.34. The summed E-state index contributed by atoms with van der Waals surface area (Å²) in [4.78, 5) is 17.4. The Morgan fingerprint density at radius 1 is 1.62 bits per heavy atom. The van der Waals surface area contributed by atoms with Crippen molar-refractivity contribution in [1.29, 1.82) is 0 Å². The van der Waals surface area contributed by atoms with Crippen molar-refractivity contribution in [3.8, 4) is 0 Å². The summed E-state index contributed by atoms with van der Waals surface area (Å²) in [5, 5.41) is 2.13. The predicted octanol–water partition coefficient (Wildman–Crippen LogP) is 1.76. The van der Waals surface area contributed by atoms with Crippen LogP contribution in [0, 0.1) is 0 Å². The molecule has 1 aliphatic rings. The molecule has 0 spiro atoms. The monoisotopic (exact) mass is 238 g/mol. The first-order valence-electron chi connectivity index (χ1n) is 5.60. The van der Waals surface area contributed by atoms with Gasteiger partial charge in [-0.2, -0.15) is 0 Å². The lowest BCUT2D eigenvalue weighted by Crippen LogP contribution is -2.42. The lowest BCUT2D eigenvalue weighted by molar-refractivity contribution is -0.134. The number of hydrogen-bond acceptors (Lipinski definition) is 3. The minimum Gasteiger partial charge on any atom is -0.334 e. The number of likely N-dealkylation sites (N-methyl/N-ethyl adjacent to an activating group) is 1. The molecule has 0 aliphatic carbocycles. The lowest BCUT2D eigenvalue weighted by atomic mass is 10.0. The zero-order valence-electron chi connectivity index (χ0n) is 10.1. The van der Waals surface area contributed by atoms with Gasteiger partial charge in [0.15, 0.2) is 0 Å². The molecule has 3 nitrogen and oxygen atoms in total. The number of nitrogens with zero attached hydrogens (tertiary/aromatic N) is 2. The Labute approximate surface area is 101 Å². The normalized spacial score (nSPS) is 20.0. The molecule has 0 fully saturated rings. The Hall–Kier alpha value is -0.870. The first-order valence-corrected chi connectivity index (χ1v) is 6.48. The van der Waals surface area contributed by atoms with Crippen LogP contribution in [0.3, 0.4) is 0 Å². The van der Waals surface area contributed by atoms with Gasteiger partial charge in [0.25, 0.3) is 0 Å². The van der Waals surface area contributed by atoms with Gasteiger partial charge in [-0.25, -0.2) is 0 Å². The molecule has 4 heteroatoms. The van der Waals surface area contributed by atoms with Crippen molar-refractivity contribution in [2.24, 2.45) is 0 Å². The molecule has 16 heavy (non-hydrogen) atoms. The molecular formula is C12H18N2OS. The van der Waals surface area contributed by atoms with Gasteiger partial charge in [0.05, 0.1) is 12.6 Å². The number of rotatable bonds is 2. The Kier molecular flexibility index (Phi) is 3.30. The smallest absolute Gasteiger partial charge is 0.237 e. The Morgan fingerprint density at radius 2 is 2.38 bits per heavy atom. The molecule has 1 aliphatic heterocycles. The maximum atomic E-state index is 12.0. The number of hydrogen-bond donors (Lipinski definition) is 0. The van der Waals surface area contributed by atoms with Crippen molar-refractivity contribution in [2.45, 2.75) is 19.4 Å². The molecule has 0 aromatic carbocycles. The third-order valence-electron chi connectivity index (χ3n) is 3.05. The second-order valence-electron chi connectivity index (χ2n) is 4.55. The zero-order valence-corrected chi connectivity index (χ0v) is 10.9. The fourth-order valence-corrected chi connectivity index (χ4v) is 3.17. The topological polar surface area (TPSA) is 23.6 Å². The summed E-state index contributed by atoms with van der Waals surface area (Å²) in [7, 11) is 3.87. The van der Waals surface area contributed by atoms with Crippen LogP contribution < -0.4 is 0 Å². The molecule has 0 saturated carbocycles. The average Bonchev–Trinajstić information content (AvgIpc) is 2.65. The summed E-state index contributed by atoms with van der Waals surface area (Å²) in [6.07, 6.45) is 1.01. The number of carbonyl (C=O) groups excluding carboxylic acids is 1. The molecular weight excluding hydrogens is 220 g/mol. The highest BCUT2D eigenvalue weighted by Crippen LogP contribution is 2.32. The van der Waals surface area contributed by atoms with E-state index in [1.807, 2.05) is 35.2 Å². The zero-order chi connectivity index (χ0) is 11.7. The van der Waals surface area contributed by atoms with Crippen molar-refractivity contribution in [3.05, 3.63) is 21.9 Å². The van der Waals surface area contributed by atoms with Crippen molar-refractivity contribution in [3.63, 3.8) is 0 Å². The summed E-state index contributed by atoms with van der Waals surface area (Å²) in [5.74, 6) is 0.231. The summed E-state index contributed by atoms with van der Waals surface area (Å²) in [6, 6.07) is 2.39. The fourth-order valence-electron chi connectivity index (χ4n) is 2.21. The maximum absolute atomic E-state index is 12.0. The molecule has 1 amide bonds. The minimum atomic E-state index is 0.231. The van der Waals surface area contributed by atoms with Crippen LogP contribution in [0.2, 0.25) is 0 Å². The van der Waals surface area contributed by atoms with Gasteiger partial charge in [-0.05, 0) is 44.4 Å². The molecule has 0 radical (unpaired) electrons. The van der Waals surface area contributed by atoms with Crippen LogP contribution in [0.1, 0.15) is 23.4 Å². The van der Waals surface area contributed by atoms with E-state index in [1.54, 1.807) is 0 Å². The maximum Gasteiger partial charge on any atom is 0.237 e. The van der Waals surface area contributed by atoms with Gasteiger partial charge in [-0.3, -0.25) is 4.79 Å². The van der Waals surface area contributed by atoms with Crippen LogP contribution in [-0.4, -0.2) is 42.9 Å². The highest BCUT2D eigenvalue weighted by atomic mass is 32.1. The second kappa shape index (κ2) is 4.55. The number of amides is 1. The van der Waals surface area contributed by atoms with Crippen LogP contribution in [0.4, 0.5) is 0 Å². The van der Waals surface area contributed by atoms with Crippen LogP contribution in [0.25, 0.3) is 0 Å². The van der Waals surface area contributed by atoms with E-state index in [0.29, 0.717) is 6.54 Å². The third-order valence-corrected chi connectivity index (χ3v) is 4.05. The van der Waals surface area contributed by atoms with Gasteiger partial charge in [0.1, 0.15) is 0 Å². The van der Waals surface area contributed by atoms with Crippen molar-refractivity contribution < 1.29 is 4.79 Å². The van der Waals surface area contributed by atoms with E-state index in [9.17, 15) is 4.79 Å². The molecule has 0 N–H and O–H groups in total. The van der Waals surface area contributed by atoms with Gasteiger partial charge in [0, 0.05) is 11.4 Å². The highest BCUT2D eigenvalue weighted by molar-refractivity contribution is 7.10. The summed E-state index contributed by atoms with van der Waals surface area (Å²) in [6.45, 7) is 3.49. The molecule has 1 unspecified atom stereocenters. The Balaban J connectivity index is 2.12. The second-order valence-corrected chi connectivity index (χ2v) is 5.55. The summed E-state index contributed by atoms with van der Waals surface area (Å²) < 4.78 is 0. The first kappa shape index (κ1) is 11.6. The van der Waals surface area contributed by atoms with Gasteiger partial charge in [-0.1, -0.05) is 0 Å². The SMILES string of the molecule is CC1c2ccsc2CCN1C(=O)CN(C)C. The standard InChI is InChI=1S/C12H18N2OS/c1-9-10-5-7-16-11(10)4-6-14(9)12(15)8-13(2)3/h5,7,9H,4,6,8H2,1-3H3. The summed E-state index contributed by atoms with van der Waals surface area (Å²) >= 11 is 1.81. The van der Waals surface area contributed by atoms with Crippen LogP contribution in [-0.2, 0) is 11.2 Å². The molecule has 0 bridgehead atoms. The van der Waals surface area contributed by atoms with Gasteiger partial charge in [0.2, 0.25) is 5.91 Å². The van der Waals surface area contributed by atoms with Gasteiger partial charge in [-0.15, -0.1) is 11.3 Å². The van der Waals surface area contributed by atoms with E-state index < -0.39 is 0 Å². The van der Waals surface area contributed by atoms with Crippen LogP contribution in [0.15, 0.2) is 11.4 Å². The molecule has 0 saturated heterocycles. The van der Waals surface area contributed by atoms with Crippen molar-refractivity contribution >= 4 is 17.2 Å². The van der Waals surface area contributed by atoms with Crippen LogP contribution in [0.5, 0.6) is 0 Å². The van der Waals surface area contributed by atoms with Crippen molar-refractivity contribution in [2.75, 3.05) is 27.2 Å². The van der Waals surface area contributed by atoms with E-state index in [1.165, 1.54) is 10.4 Å². The molecule has 88 valence electrons. The lowest BCUT2D eigenvalue weighted by Gasteiger charge is -2.34. The Morgan fingerprint density at radius 3 is 3.06 bits per heavy atom. The first-order chi connectivity index (χ1) is 7.59. The van der Waals surface area contributed by atoms with E-state index in [0.717, 1.165) is 13.0 Å².